The minimum atomic E-state index is -0.165. The molecule has 0 unspecified atom stereocenters. The highest BCUT2D eigenvalue weighted by atomic mass is 35.5. The molecule has 23 heavy (non-hydrogen) atoms. The molecule has 0 radical (unpaired) electrons. The van der Waals surface area contributed by atoms with Gasteiger partial charge in [0.25, 0.3) is 0 Å². The summed E-state index contributed by atoms with van der Waals surface area (Å²) in [6, 6.07) is 8.29. The molecule has 1 aromatic rings. The predicted molar refractivity (Wildman–Crippen MR) is 90.2 cm³/mol. The van der Waals surface area contributed by atoms with Crippen LogP contribution in [0.1, 0.15) is 44.1 Å². The number of nitrogens with one attached hydrogen (secondary N) is 2. The van der Waals surface area contributed by atoms with Crippen LogP contribution in [0.5, 0.6) is 0 Å². The molecule has 1 atom stereocenters. The quantitative estimate of drug-likeness (QED) is 0.768. The van der Waals surface area contributed by atoms with E-state index in [0.29, 0.717) is 36.4 Å². The summed E-state index contributed by atoms with van der Waals surface area (Å²) in [5, 5.41) is 6.74. The summed E-state index contributed by atoms with van der Waals surface area (Å²) in [6.45, 7) is 0. The highest BCUT2D eigenvalue weighted by Gasteiger charge is 2.28. The van der Waals surface area contributed by atoms with E-state index >= 15 is 0 Å². The lowest BCUT2D eigenvalue weighted by atomic mass is 9.93. The zero-order valence-electron chi connectivity index (χ0n) is 13.2. The van der Waals surface area contributed by atoms with Gasteiger partial charge >= 0.3 is 0 Å². The van der Waals surface area contributed by atoms with Gasteiger partial charge in [-0.25, -0.2) is 0 Å². The van der Waals surface area contributed by atoms with Gasteiger partial charge in [0.05, 0.1) is 0 Å². The second kappa shape index (κ2) is 7.35. The third-order valence-corrected chi connectivity index (χ3v) is 4.60. The van der Waals surface area contributed by atoms with Crippen LogP contribution in [0.25, 0.3) is 0 Å². The van der Waals surface area contributed by atoms with Gasteiger partial charge in [-0.1, -0.05) is 23.7 Å². The summed E-state index contributed by atoms with van der Waals surface area (Å²) in [7, 11) is 0. The Bertz CT molecular complexity index is 565. The molecule has 2 aliphatic carbocycles. The SMILES string of the molecule is O=C(CC[C@H](Cc1ccc(Cl)cc1)C(=O)NC1CC1)NC1CC1. The summed E-state index contributed by atoms with van der Waals surface area (Å²) >= 11 is 5.91. The molecule has 0 spiro atoms. The van der Waals surface area contributed by atoms with Crippen molar-refractivity contribution in [1.29, 1.82) is 0 Å². The van der Waals surface area contributed by atoms with Crippen molar-refractivity contribution < 1.29 is 9.59 Å². The van der Waals surface area contributed by atoms with E-state index in [1.54, 1.807) is 0 Å². The monoisotopic (exact) mass is 334 g/mol. The normalized spacial score (nSPS) is 18.3. The number of benzene rings is 1. The number of rotatable bonds is 8. The van der Waals surface area contributed by atoms with E-state index in [2.05, 4.69) is 10.6 Å². The van der Waals surface area contributed by atoms with E-state index in [9.17, 15) is 9.59 Å². The Morgan fingerprint density at radius 1 is 1.04 bits per heavy atom. The van der Waals surface area contributed by atoms with Crippen molar-refractivity contribution in [2.75, 3.05) is 0 Å². The molecule has 2 saturated carbocycles. The van der Waals surface area contributed by atoms with E-state index in [1.807, 2.05) is 24.3 Å². The zero-order chi connectivity index (χ0) is 16.2. The van der Waals surface area contributed by atoms with Crippen molar-refractivity contribution >= 4 is 23.4 Å². The molecule has 124 valence electrons. The summed E-state index contributed by atoms with van der Waals surface area (Å²) in [5.74, 6) is -0.0313. The standard InChI is InChI=1S/C18H23ClN2O2/c19-14-4-1-12(2-5-14)11-13(18(23)21-16-8-9-16)3-10-17(22)20-15-6-7-15/h1-2,4-5,13,15-16H,3,6-11H2,(H,20,22)(H,21,23)/t13-/m1/s1. The Labute approximate surface area is 142 Å². The Morgan fingerprint density at radius 2 is 1.65 bits per heavy atom. The maximum Gasteiger partial charge on any atom is 0.223 e. The van der Waals surface area contributed by atoms with Crippen molar-refractivity contribution in [3.8, 4) is 0 Å². The third-order valence-electron chi connectivity index (χ3n) is 4.35. The summed E-state index contributed by atoms with van der Waals surface area (Å²) in [5.41, 5.74) is 1.08. The van der Waals surface area contributed by atoms with Crippen molar-refractivity contribution in [3.05, 3.63) is 34.9 Å². The highest BCUT2D eigenvalue weighted by Crippen LogP contribution is 2.23. The van der Waals surface area contributed by atoms with Gasteiger partial charge in [0, 0.05) is 29.4 Å². The molecule has 2 amide bonds. The molecule has 3 rings (SSSR count). The number of carbonyl (C=O) groups excluding carboxylic acids is 2. The molecule has 2 fully saturated rings. The Morgan fingerprint density at radius 3 is 2.26 bits per heavy atom. The lowest BCUT2D eigenvalue weighted by Gasteiger charge is -2.17. The second-order valence-electron chi connectivity index (χ2n) is 6.69. The highest BCUT2D eigenvalue weighted by molar-refractivity contribution is 6.30. The van der Waals surface area contributed by atoms with Crippen LogP contribution >= 0.6 is 11.6 Å². The third kappa shape index (κ3) is 5.54. The lowest BCUT2D eigenvalue weighted by molar-refractivity contribution is -0.126. The van der Waals surface area contributed by atoms with E-state index in [-0.39, 0.29) is 17.7 Å². The molecule has 0 bridgehead atoms. The molecule has 2 N–H and O–H groups in total. The fraction of sp³-hybridized carbons (Fsp3) is 0.556. The maximum absolute atomic E-state index is 12.4. The first-order valence-corrected chi connectivity index (χ1v) is 8.82. The number of amides is 2. The maximum atomic E-state index is 12.4. The second-order valence-corrected chi connectivity index (χ2v) is 7.13. The molecule has 2 aliphatic rings. The van der Waals surface area contributed by atoms with Crippen LogP contribution in [0.2, 0.25) is 5.02 Å². The van der Waals surface area contributed by atoms with E-state index < -0.39 is 0 Å². The van der Waals surface area contributed by atoms with Crippen LogP contribution in [0.3, 0.4) is 0 Å². The fourth-order valence-electron chi connectivity index (χ4n) is 2.61. The van der Waals surface area contributed by atoms with Gasteiger partial charge in [-0.2, -0.15) is 0 Å². The number of halogens is 1. The van der Waals surface area contributed by atoms with E-state index in [4.69, 9.17) is 11.6 Å². The van der Waals surface area contributed by atoms with E-state index in [0.717, 1.165) is 31.2 Å². The van der Waals surface area contributed by atoms with Crippen molar-refractivity contribution in [2.45, 2.75) is 57.0 Å². The van der Waals surface area contributed by atoms with E-state index in [1.165, 1.54) is 0 Å². The van der Waals surface area contributed by atoms with Crippen LogP contribution in [-0.4, -0.2) is 23.9 Å². The van der Waals surface area contributed by atoms with Crippen LogP contribution in [0.15, 0.2) is 24.3 Å². The van der Waals surface area contributed by atoms with Gasteiger partial charge < -0.3 is 10.6 Å². The van der Waals surface area contributed by atoms with Crippen molar-refractivity contribution in [1.82, 2.24) is 10.6 Å². The summed E-state index contributed by atoms with van der Waals surface area (Å²) in [6.07, 6.45) is 5.95. The fourth-order valence-corrected chi connectivity index (χ4v) is 2.74. The predicted octanol–water partition coefficient (Wildman–Crippen LogP) is 2.84. The molecule has 5 heteroatoms. The van der Waals surface area contributed by atoms with Gasteiger partial charge in [-0.3, -0.25) is 9.59 Å². The van der Waals surface area contributed by atoms with Gasteiger partial charge in [-0.05, 0) is 56.2 Å². The first-order chi connectivity index (χ1) is 11.1. The average Bonchev–Trinajstić information content (AvgIpc) is 3.42. The smallest absolute Gasteiger partial charge is 0.223 e. The van der Waals surface area contributed by atoms with Crippen molar-refractivity contribution in [2.24, 2.45) is 5.92 Å². The Kier molecular flexibility index (Phi) is 5.21. The number of carbonyl (C=O) groups is 2. The molecule has 0 saturated heterocycles. The van der Waals surface area contributed by atoms with Gasteiger partial charge in [0.2, 0.25) is 11.8 Å². The van der Waals surface area contributed by atoms with Crippen molar-refractivity contribution in [3.63, 3.8) is 0 Å². The average molecular weight is 335 g/mol. The minimum Gasteiger partial charge on any atom is -0.353 e. The minimum absolute atomic E-state index is 0.0628. The molecule has 0 aromatic heterocycles. The van der Waals surface area contributed by atoms with Crippen LogP contribution < -0.4 is 10.6 Å². The van der Waals surface area contributed by atoms with Crippen LogP contribution in [0, 0.1) is 5.92 Å². The lowest BCUT2D eigenvalue weighted by Crippen LogP contribution is -2.34. The number of hydrogen-bond donors (Lipinski definition) is 2. The van der Waals surface area contributed by atoms with Gasteiger partial charge in [0.1, 0.15) is 0 Å². The van der Waals surface area contributed by atoms with Crippen LogP contribution in [0.4, 0.5) is 0 Å². The molecule has 4 nitrogen and oxygen atoms in total. The zero-order valence-corrected chi connectivity index (χ0v) is 13.9. The number of hydrogen-bond acceptors (Lipinski definition) is 2. The largest absolute Gasteiger partial charge is 0.353 e. The summed E-state index contributed by atoms with van der Waals surface area (Å²) < 4.78 is 0. The Hall–Kier alpha value is -1.55. The molecule has 0 heterocycles. The molecule has 1 aromatic carbocycles. The first kappa shape index (κ1) is 16.3. The first-order valence-electron chi connectivity index (χ1n) is 8.44. The summed E-state index contributed by atoms with van der Waals surface area (Å²) in [4.78, 5) is 24.3. The van der Waals surface area contributed by atoms with Gasteiger partial charge in [-0.15, -0.1) is 0 Å². The van der Waals surface area contributed by atoms with Gasteiger partial charge in [0.15, 0.2) is 0 Å². The molecular weight excluding hydrogens is 312 g/mol. The molecular formula is C18H23ClN2O2. The molecule has 0 aliphatic heterocycles. The topological polar surface area (TPSA) is 58.2 Å². The Balaban J connectivity index is 1.56. The van der Waals surface area contributed by atoms with Crippen LogP contribution in [-0.2, 0) is 16.0 Å².